The Morgan fingerprint density at radius 3 is 2.05 bits per heavy atom. The van der Waals surface area contributed by atoms with Crippen molar-refractivity contribution in [2.24, 2.45) is 0 Å². The maximum Gasteiger partial charge on any atom is 0.123 e. The number of halogens is 1. The van der Waals surface area contributed by atoms with E-state index in [9.17, 15) is 0 Å². The van der Waals surface area contributed by atoms with Crippen LogP contribution in [-0.4, -0.2) is 7.11 Å². The molecule has 1 unspecified atom stereocenters. The van der Waals surface area contributed by atoms with E-state index in [1.807, 2.05) is 24.3 Å². The summed E-state index contributed by atoms with van der Waals surface area (Å²) in [4.78, 5) is 0. The minimum Gasteiger partial charge on any atom is -0.496 e. The molecule has 0 amide bonds. The molecule has 2 aromatic carbocycles. The van der Waals surface area contributed by atoms with E-state index in [0.717, 1.165) is 11.3 Å². The van der Waals surface area contributed by atoms with Crippen molar-refractivity contribution in [2.45, 2.75) is 33.1 Å². The smallest absolute Gasteiger partial charge is 0.123 e. The van der Waals surface area contributed by atoms with E-state index >= 15 is 0 Å². The van der Waals surface area contributed by atoms with Crippen LogP contribution < -0.4 is 4.74 Å². The molecule has 0 aliphatic heterocycles. The number of para-hydroxylation sites is 1. The van der Waals surface area contributed by atoms with Gasteiger partial charge in [0, 0.05) is 5.56 Å². The lowest BCUT2D eigenvalue weighted by Gasteiger charge is -2.21. The number of benzene rings is 2. The summed E-state index contributed by atoms with van der Waals surface area (Å²) in [5.74, 6) is 0.838. The fraction of sp³-hybridized carbons (Fsp3) is 0.333. The zero-order valence-electron chi connectivity index (χ0n) is 12.8. The van der Waals surface area contributed by atoms with Gasteiger partial charge in [0.25, 0.3) is 0 Å². The summed E-state index contributed by atoms with van der Waals surface area (Å²) in [6, 6.07) is 10.2. The molecule has 0 fully saturated rings. The van der Waals surface area contributed by atoms with Crippen LogP contribution in [0.2, 0.25) is 0 Å². The summed E-state index contributed by atoms with van der Waals surface area (Å²) >= 11 is 6.79. The Kier molecular flexibility index (Phi) is 4.39. The molecule has 0 saturated carbocycles. The largest absolute Gasteiger partial charge is 0.496 e. The van der Waals surface area contributed by atoms with Crippen molar-refractivity contribution < 1.29 is 4.74 Å². The Morgan fingerprint density at radius 1 is 0.950 bits per heavy atom. The molecule has 106 valence electrons. The highest BCUT2D eigenvalue weighted by Gasteiger charge is 2.20. The van der Waals surface area contributed by atoms with Crippen LogP contribution in [0.25, 0.3) is 0 Å². The van der Waals surface area contributed by atoms with Crippen LogP contribution in [0.4, 0.5) is 0 Å². The van der Waals surface area contributed by atoms with Crippen molar-refractivity contribution in [3.8, 4) is 5.75 Å². The maximum atomic E-state index is 6.79. The van der Waals surface area contributed by atoms with Gasteiger partial charge in [0.15, 0.2) is 0 Å². The molecule has 0 aliphatic carbocycles. The molecule has 0 heterocycles. The van der Waals surface area contributed by atoms with Crippen LogP contribution in [0.1, 0.15) is 38.8 Å². The van der Waals surface area contributed by atoms with E-state index < -0.39 is 0 Å². The van der Waals surface area contributed by atoms with Crippen molar-refractivity contribution >= 4 is 11.6 Å². The maximum absolute atomic E-state index is 6.79. The molecule has 2 heteroatoms. The van der Waals surface area contributed by atoms with Gasteiger partial charge in [0.05, 0.1) is 12.5 Å². The minimum atomic E-state index is -0.190. The van der Waals surface area contributed by atoms with Gasteiger partial charge >= 0.3 is 0 Å². The molecule has 0 spiro atoms. The number of methoxy groups -OCH3 is 1. The predicted octanol–water partition coefficient (Wildman–Crippen LogP) is 5.26. The third kappa shape index (κ3) is 2.55. The van der Waals surface area contributed by atoms with Crippen LogP contribution in [0.3, 0.4) is 0 Å². The summed E-state index contributed by atoms with van der Waals surface area (Å²) in [5, 5.41) is -0.190. The van der Waals surface area contributed by atoms with E-state index in [1.54, 1.807) is 7.11 Å². The van der Waals surface area contributed by atoms with Gasteiger partial charge in [0.1, 0.15) is 5.75 Å². The van der Waals surface area contributed by atoms with Gasteiger partial charge in [-0.2, -0.15) is 0 Å². The molecule has 0 N–H and O–H groups in total. The van der Waals surface area contributed by atoms with E-state index in [4.69, 9.17) is 16.3 Å². The number of hydrogen-bond acceptors (Lipinski definition) is 1. The van der Waals surface area contributed by atoms with E-state index in [-0.39, 0.29) is 5.38 Å². The number of rotatable bonds is 3. The van der Waals surface area contributed by atoms with Crippen molar-refractivity contribution in [1.82, 2.24) is 0 Å². The molecule has 0 aliphatic rings. The van der Waals surface area contributed by atoms with Gasteiger partial charge in [-0.05, 0) is 61.6 Å². The van der Waals surface area contributed by atoms with Crippen molar-refractivity contribution in [2.75, 3.05) is 7.11 Å². The summed E-state index contributed by atoms with van der Waals surface area (Å²) in [6.07, 6.45) is 0. The van der Waals surface area contributed by atoms with Gasteiger partial charge < -0.3 is 4.74 Å². The molecule has 1 nitrogen and oxygen atoms in total. The molecule has 0 saturated heterocycles. The normalized spacial score (nSPS) is 12.3. The lowest BCUT2D eigenvalue weighted by Crippen LogP contribution is -2.04. The minimum absolute atomic E-state index is 0.190. The fourth-order valence-electron chi connectivity index (χ4n) is 2.66. The van der Waals surface area contributed by atoms with Crippen LogP contribution in [-0.2, 0) is 0 Å². The predicted molar refractivity (Wildman–Crippen MR) is 86.1 cm³/mol. The van der Waals surface area contributed by atoms with Crippen molar-refractivity contribution in [1.29, 1.82) is 0 Å². The third-order valence-electron chi connectivity index (χ3n) is 4.09. The SMILES string of the molecule is COc1ccccc1C(Cl)c1c(C)c(C)cc(C)c1C. The Balaban J connectivity index is 2.62. The summed E-state index contributed by atoms with van der Waals surface area (Å²) in [6.45, 7) is 8.55. The second-order valence-corrected chi connectivity index (χ2v) is 5.71. The van der Waals surface area contributed by atoms with Gasteiger partial charge in [-0.15, -0.1) is 11.6 Å². The second-order valence-electron chi connectivity index (χ2n) is 5.28. The number of ether oxygens (including phenoxy) is 1. The van der Waals surface area contributed by atoms with Crippen molar-refractivity contribution in [3.63, 3.8) is 0 Å². The van der Waals surface area contributed by atoms with Crippen LogP contribution in [0.15, 0.2) is 30.3 Å². The van der Waals surface area contributed by atoms with Crippen molar-refractivity contribution in [3.05, 3.63) is 63.7 Å². The zero-order chi connectivity index (χ0) is 14.9. The first-order valence-electron chi connectivity index (χ1n) is 6.81. The van der Waals surface area contributed by atoms with E-state index in [2.05, 4.69) is 33.8 Å². The van der Waals surface area contributed by atoms with Crippen LogP contribution >= 0.6 is 11.6 Å². The summed E-state index contributed by atoms with van der Waals surface area (Å²) < 4.78 is 5.44. The molecule has 1 atom stereocenters. The standard InChI is InChI=1S/C18H21ClO/c1-11-10-12(2)14(4)17(13(11)3)18(19)15-8-6-7-9-16(15)20-5/h6-10,18H,1-5H3. The molecular weight excluding hydrogens is 268 g/mol. The Morgan fingerprint density at radius 2 is 1.50 bits per heavy atom. The first-order valence-corrected chi connectivity index (χ1v) is 7.25. The zero-order valence-corrected chi connectivity index (χ0v) is 13.5. The highest BCUT2D eigenvalue weighted by molar-refractivity contribution is 6.23. The fourth-order valence-corrected chi connectivity index (χ4v) is 3.17. The number of hydrogen-bond donors (Lipinski definition) is 0. The van der Waals surface area contributed by atoms with Crippen LogP contribution in [0, 0.1) is 27.7 Å². The lowest BCUT2D eigenvalue weighted by atomic mass is 9.89. The highest BCUT2D eigenvalue weighted by atomic mass is 35.5. The molecule has 0 radical (unpaired) electrons. The molecule has 20 heavy (non-hydrogen) atoms. The molecule has 2 rings (SSSR count). The molecule has 2 aromatic rings. The monoisotopic (exact) mass is 288 g/mol. The first kappa shape index (κ1) is 14.9. The van der Waals surface area contributed by atoms with E-state index in [0.29, 0.717) is 0 Å². The second kappa shape index (κ2) is 5.88. The van der Waals surface area contributed by atoms with Gasteiger partial charge in [-0.3, -0.25) is 0 Å². The average Bonchev–Trinajstić information content (AvgIpc) is 2.45. The Hall–Kier alpha value is -1.47. The third-order valence-corrected chi connectivity index (χ3v) is 4.54. The summed E-state index contributed by atoms with van der Waals surface area (Å²) in [7, 11) is 1.68. The number of aryl methyl sites for hydroxylation is 2. The van der Waals surface area contributed by atoms with Gasteiger partial charge in [-0.1, -0.05) is 24.3 Å². The van der Waals surface area contributed by atoms with Gasteiger partial charge in [-0.25, -0.2) is 0 Å². The Bertz CT molecular complexity index is 605. The van der Waals surface area contributed by atoms with Gasteiger partial charge in [0.2, 0.25) is 0 Å². The Labute approximate surface area is 126 Å². The lowest BCUT2D eigenvalue weighted by molar-refractivity contribution is 0.410. The quantitative estimate of drug-likeness (QED) is 0.700. The highest BCUT2D eigenvalue weighted by Crippen LogP contribution is 2.39. The summed E-state index contributed by atoms with van der Waals surface area (Å²) in [5.41, 5.74) is 7.31. The molecule has 0 bridgehead atoms. The first-order chi connectivity index (χ1) is 9.47. The number of alkyl halides is 1. The topological polar surface area (TPSA) is 9.23 Å². The molecule has 0 aromatic heterocycles. The van der Waals surface area contributed by atoms with E-state index in [1.165, 1.54) is 27.8 Å². The molecular formula is C18H21ClO. The average molecular weight is 289 g/mol. The van der Waals surface area contributed by atoms with Crippen LogP contribution in [0.5, 0.6) is 5.75 Å².